The van der Waals surface area contributed by atoms with Crippen molar-refractivity contribution in [2.75, 3.05) is 18.5 Å². The van der Waals surface area contributed by atoms with Gasteiger partial charge in [-0.1, -0.05) is 11.6 Å². The van der Waals surface area contributed by atoms with Crippen LogP contribution in [0.15, 0.2) is 48.5 Å². The van der Waals surface area contributed by atoms with Crippen molar-refractivity contribution in [2.45, 2.75) is 0 Å². The fraction of sp³-hybridized carbons (Fsp3) is 0.133. The highest BCUT2D eigenvalue weighted by atomic mass is 35.5. The van der Waals surface area contributed by atoms with Crippen LogP contribution < -0.4 is 4.90 Å². The zero-order chi connectivity index (χ0) is 13.8. The van der Waals surface area contributed by atoms with Gasteiger partial charge in [0.1, 0.15) is 5.82 Å². The average molecular weight is 278 g/mol. The molecule has 2 aromatic rings. The van der Waals surface area contributed by atoms with Gasteiger partial charge in [0.05, 0.1) is 6.54 Å². The standard InChI is InChI=1S/C15H13ClFNO/c1-18(14-8-6-13(17)7-9-14)10-15(19)11-2-4-12(16)5-3-11/h2-9H,10H2,1H3. The summed E-state index contributed by atoms with van der Waals surface area (Å²) in [7, 11) is 1.79. The number of ketones is 1. The maximum Gasteiger partial charge on any atom is 0.182 e. The molecular formula is C15H13ClFNO. The fourth-order valence-electron chi connectivity index (χ4n) is 1.73. The molecule has 2 rings (SSSR count). The Morgan fingerprint density at radius 3 is 2.26 bits per heavy atom. The zero-order valence-corrected chi connectivity index (χ0v) is 11.2. The number of anilines is 1. The Morgan fingerprint density at radius 2 is 1.68 bits per heavy atom. The van der Waals surface area contributed by atoms with E-state index in [2.05, 4.69) is 0 Å². The molecular weight excluding hydrogens is 265 g/mol. The number of likely N-dealkylation sites (N-methyl/N-ethyl adjacent to an activating group) is 1. The third-order valence-electron chi connectivity index (χ3n) is 2.81. The molecule has 19 heavy (non-hydrogen) atoms. The monoisotopic (exact) mass is 277 g/mol. The summed E-state index contributed by atoms with van der Waals surface area (Å²) in [6.07, 6.45) is 0. The van der Waals surface area contributed by atoms with E-state index in [1.54, 1.807) is 48.3 Å². The molecule has 0 saturated heterocycles. The van der Waals surface area contributed by atoms with Crippen molar-refractivity contribution in [3.05, 3.63) is 64.9 Å². The molecule has 0 amide bonds. The molecule has 4 heteroatoms. The van der Waals surface area contributed by atoms with Crippen LogP contribution in [0, 0.1) is 5.82 Å². The normalized spacial score (nSPS) is 10.3. The summed E-state index contributed by atoms with van der Waals surface area (Å²) in [6.45, 7) is 0.229. The van der Waals surface area contributed by atoms with Gasteiger partial charge in [0.2, 0.25) is 0 Å². The summed E-state index contributed by atoms with van der Waals surface area (Å²) < 4.78 is 12.8. The molecule has 0 aliphatic rings. The lowest BCUT2D eigenvalue weighted by Crippen LogP contribution is -2.25. The molecule has 0 heterocycles. The number of carbonyl (C=O) groups is 1. The van der Waals surface area contributed by atoms with Gasteiger partial charge in [0, 0.05) is 23.3 Å². The maximum absolute atomic E-state index is 12.8. The minimum Gasteiger partial charge on any atom is -0.367 e. The zero-order valence-electron chi connectivity index (χ0n) is 10.4. The number of nitrogens with zero attached hydrogens (tertiary/aromatic N) is 1. The molecule has 2 nitrogen and oxygen atoms in total. The van der Waals surface area contributed by atoms with E-state index in [0.29, 0.717) is 10.6 Å². The first-order valence-electron chi connectivity index (χ1n) is 5.82. The summed E-state index contributed by atoms with van der Waals surface area (Å²) in [4.78, 5) is 13.8. The van der Waals surface area contributed by atoms with Crippen LogP contribution in [0.1, 0.15) is 10.4 Å². The van der Waals surface area contributed by atoms with E-state index in [0.717, 1.165) is 5.69 Å². The smallest absolute Gasteiger partial charge is 0.182 e. The molecule has 0 aliphatic carbocycles. The van der Waals surface area contributed by atoms with Crippen molar-refractivity contribution in [1.29, 1.82) is 0 Å². The Kier molecular flexibility index (Phi) is 4.17. The van der Waals surface area contributed by atoms with Gasteiger partial charge >= 0.3 is 0 Å². The SMILES string of the molecule is CN(CC(=O)c1ccc(Cl)cc1)c1ccc(F)cc1. The van der Waals surface area contributed by atoms with Gasteiger partial charge < -0.3 is 4.90 Å². The van der Waals surface area contributed by atoms with Crippen LogP contribution in [0.5, 0.6) is 0 Å². The molecule has 0 N–H and O–H groups in total. The topological polar surface area (TPSA) is 20.3 Å². The highest BCUT2D eigenvalue weighted by molar-refractivity contribution is 6.30. The van der Waals surface area contributed by atoms with Gasteiger partial charge in [-0.2, -0.15) is 0 Å². The lowest BCUT2D eigenvalue weighted by atomic mass is 10.1. The predicted molar refractivity (Wildman–Crippen MR) is 75.5 cm³/mol. The third-order valence-corrected chi connectivity index (χ3v) is 3.07. The van der Waals surface area contributed by atoms with E-state index in [1.165, 1.54) is 12.1 Å². The summed E-state index contributed by atoms with van der Waals surface area (Å²) in [6, 6.07) is 12.8. The van der Waals surface area contributed by atoms with Crippen molar-refractivity contribution in [2.24, 2.45) is 0 Å². The highest BCUT2D eigenvalue weighted by Crippen LogP contribution is 2.15. The van der Waals surface area contributed by atoms with Gasteiger partial charge in [-0.3, -0.25) is 4.79 Å². The number of Topliss-reactive ketones (excluding diaryl/α,β-unsaturated/α-hetero) is 1. The van der Waals surface area contributed by atoms with Crippen LogP contribution >= 0.6 is 11.6 Å². The van der Waals surface area contributed by atoms with Gasteiger partial charge in [-0.25, -0.2) is 4.39 Å². The van der Waals surface area contributed by atoms with E-state index < -0.39 is 0 Å². The van der Waals surface area contributed by atoms with Crippen molar-refractivity contribution >= 4 is 23.1 Å². The highest BCUT2D eigenvalue weighted by Gasteiger charge is 2.10. The Bertz CT molecular complexity index is 566. The second-order valence-corrected chi connectivity index (χ2v) is 4.70. The van der Waals surface area contributed by atoms with Crippen molar-refractivity contribution in [3.8, 4) is 0 Å². The van der Waals surface area contributed by atoms with Gasteiger partial charge in [0.15, 0.2) is 5.78 Å². The quantitative estimate of drug-likeness (QED) is 0.793. The van der Waals surface area contributed by atoms with Crippen LogP contribution in [0.25, 0.3) is 0 Å². The van der Waals surface area contributed by atoms with Crippen molar-refractivity contribution in [1.82, 2.24) is 0 Å². The molecule has 0 fully saturated rings. The maximum atomic E-state index is 12.8. The first-order chi connectivity index (χ1) is 9.06. The fourth-order valence-corrected chi connectivity index (χ4v) is 1.86. The first-order valence-corrected chi connectivity index (χ1v) is 6.19. The molecule has 0 radical (unpaired) electrons. The number of benzene rings is 2. The van der Waals surface area contributed by atoms with E-state index in [-0.39, 0.29) is 18.1 Å². The molecule has 0 atom stereocenters. The largest absolute Gasteiger partial charge is 0.367 e. The summed E-state index contributed by atoms with van der Waals surface area (Å²) in [5, 5.41) is 0.600. The molecule has 0 bridgehead atoms. The van der Waals surface area contributed by atoms with Gasteiger partial charge in [-0.05, 0) is 48.5 Å². The van der Waals surface area contributed by atoms with Gasteiger partial charge in [-0.15, -0.1) is 0 Å². The van der Waals surface area contributed by atoms with Crippen LogP contribution in [-0.4, -0.2) is 19.4 Å². The van der Waals surface area contributed by atoms with Crippen LogP contribution in [0.2, 0.25) is 5.02 Å². The van der Waals surface area contributed by atoms with Crippen LogP contribution in [0.3, 0.4) is 0 Å². The Morgan fingerprint density at radius 1 is 1.11 bits per heavy atom. The molecule has 0 saturated carbocycles. The summed E-state index contributed by atoms with van der Waals surface area (Å²) in [5.74, 6) is -0.301. The first kappa shape index (κ1) is 13.6. The molecule has 98 valence electrons. The second-order valence-electron chi connectivity index (χ2n) is 4.26. The number of halogens is 2. The average Bonchev–Trinajstić information content (AvgIpc) is 2.40. The van der Waals surface area contributed by atoms with E-state index in [9.17, 15) is 9.18 Å². The Hall–Kier alpha value is -1.87. The molecule has 0 aliphatic heterocycles. The van der Waals surface area contributed by atoms with E-state index >= 15 is 0 Å². The van der Waals surface area contributed by atoms with E-state index in [1.807, 2.05) is 0 Å². The summed E-state index contributed by atoms with van der Waals surface area (Å²) in [5.41, 5.74) is 1.40. The Labute approximate surface area is 116 Å². The van der Waals surface area contributed by atoms with E-state index in [4.69, 9.17) is 11.6 Å². The second kappa shape index (κ2) is 5.85. The molecule has 0 unspecified atom stereocenters. The number of rotatable bonds is 4. The molecule has 2 aromatic carbocycles. The van der Waals surface area contributed by atoms with Crippen LogP contribution in [0.4, 0.5) is 10.1 Å². The van der Waals surface area contributed by atoms with Gasteiger partial charge in [0.25, 0.3) is 0 Å². The lowest BCUT2D eigenvalue weighted by Gasteiger charge is -2.18. The summed E-state index contributed by atoms with van der Waals surface area (Å²) >= 11 is 5.78. The molecule has 0 aromatic heterocycles. The van der Waals surface area contributed by atoms with Crippen LogP contribution in [-0.2, 0) is 0 Å². The minimum absolute atomic E-state index is 0.0107. The number of hydrogen-bond donors (Lipinski definition) is 0. The van der Waals surface area contributed by atoms with Crippen molar-refractivity contribution in [3.63, 3.8) is 0 Å². The predicted octanol–water partition coefficient (Wildman–Crippen LogP) is 3.80. The Balaban J connectivity index is 2.06. The molecule has 0 spiro atoms. The number of carbonyl (C=O) groups excluding carboxylic acids is 1. The minimum atomic E-state index is -0.291. The lowest BCUT2D eigenvalue weighted by molar-refractivity contribution is 0.100. The third kappa shape index (κ3) is 3.55. The number of hydrogen-bond acceptors (Lipinski definition) is 2. The van der Waals surface area contributed by atoms with Crippen molar-refractivity contribution < 1.29 is 9.18 Å².